The fourth-order valence-electron chi connectivity index (χ4n) is 1.94. The fraction of sp³-hybridized carbons (Fsp3) is 0.143. The normalized spacial score (nSPS) is 11.9. The zero-order valence-electron chi connectivity index (χ0n) is 10.7. The second-order valence-electron chi connectivity index (χ2n) is 4.34. The predicted octanol–water partition coefficient (Wildman–Crippen LogP) is 4.24. The maximum absolute atomic E-state index is 11.1. The molecule has 5 nitrogen and oxygen atoms in total. The van der Waals surface area contributed by atoms with Crippen molar-refractivity contribution in [1.29, 1.82) is 0 Å². The van der Waals surface area contributed by atoms with E-state index < -0.39 is 4.92 Å². The number of benzene rings is 2. The Morgan fingerprint density at radius 2 is 2.00 bits per heavy atom. The van der Waals surface area contributed by atoms with E-state index in [0.717, 1.165) is 0 Å². The molecule has 0 fully saturated rings. The Morgan fingerprint density at radius 1 is 1.30 bits per heavy atom. The average Bonchev–Trinajstić information content (AvgIpc) is 2.41. The Bertz CT molecular complexity index is 646. The summed E-state index contributed by atoms with van der Waals surface area (Å²) in [6.45, 7) is 1.83. The first-order chi connectivity index (χ1) is 9.49. The number of halogens is 1. The van der Waals surface area contributed by atoms with Gasteiger partial charge in [-0.3, -0.25) is 10.1 Å². The highest BCUT2D eigenvalue weighted by molar-refractivity contribution is 9.10. The van der Waals surface area contributed by atoms with Crippen molar-refractivity contribution in [2.24, 2.45) is 0 Å². The Labute approximate surface area is 124 Å². The third-order valence-corrected chi connectivity index (χ3v) is 3.42. The Hall–Kier alpha value is -2.08. The largest absolute Gasteiger partial charge is 0.508 e. The summed E-state index contributed by atoms with van der Waals surface area (Å²) in [6.07, 6.45) is 0. The lowest BCUT2D eigenvalue weighted by Gasteiger charge is -2.16. The molecule has 0 aliphatic carbocycles. The van der Waals surface area contributed by atoms with Crippen molar-refractivity contribution in [2.45, 2.75) is 13.0 Å². The van der Waals surface area contributed by atoms with Gasteiger partial charge in [0.2, 0.25) is 0 Å². The lowest BCUT2D eigenvalue weighted by Crippen LogP contribution is -2.08. The van der Waals surface area contributed by atoms with Crippen LogP contribution in [0.2, 0.25) is 0 Å². The quantitative estimate of drug-likeness (QED) is 0.646. The molecule has 2 rings (SSSR count). The van der Waals surface area contributed by atoms with Gasteiger partial charge in [0.25, 0.3) is 5.69 Å². The smallest absolute Gasteiger partial charge is 0.293 e. The fourth-order valence-corrected chi connectivity index (χ4v) is 2.29. The number of aromatic hydroxyl groups is 1. The second-order valence-corrected chi connectivity index (χ2v) is 5.26. The van der Waals surface area contributed by atoms with Crippen molar-refractivity contribution >= 4 is 27.3 Å². The molecule has 0 aliphatic rings. The van der Waals surface area contributed by atoms with Crippen LogP contribution in [-0.2, 0) is 0 Å². The summed E-state index contributed by atoms with van der Waals surface area (Å²) < 4.78 is 0.643. The molecule has 6 heteroatoms. The van der Waals surface area contributed by atoms with Gasteiger partial charge in [0.15, 0.2) is 0 Å². The standard InChI is InChI=1S/C14H13BrN2O3/c1-9(11-4-2-3-5-14(11)18)16-12-7-6-10(15)8-13(12)17(19)20/h2-9,16,18H,1H3. The maximum Gasteiger partial charge on any atom is 0.293 e. The molecule has 0 amide bonds. The van der Waals surface area contributed by atoms with Crippen molar-refractivity contribution in [1.82, 2.24) is 0 Å². The molecule has 0 spiro atoms. The van der Waals surface area contributed by atoms with Gasteiger partial charge in [0.1, 0.15) is 11.4 Å². The van der Waals surface area contributed by atoms with Crippen LogP contribution >= 0.6 is 15.9 Å². The van der Waals surface area contributed by atoms with Crippen molar-refractivity contribution in [3.8, 4) is 5.75 Å². The molecule has 20 heavy (non-hydrogen) atoms. The molecular weight excluding hydrogens is 324 g/mol. The third kappa shape index (κ3) is 3.08. The second kappa shape index (κ2) is 5.92. The summed E-state index contributed by atoms with van der Waals surface area (Å²) in [5.41, 5.74) is 1.08. The number of hydrogen-bond acceptors (Lipinski definition) is 4. The number of nitrogens with zero attached hydrogens (tertiary/aromatic N) is 1. The van der Waals surface area contributed by atoms with E-state index in [9.17, 15) is 15.2 Å². The lowest BCUT2D eigenvalue weighted by atomic mass is 10.1. The highest BCUT2D eigenvalue weighted by Gasteiger charge is 2.17. The van der Waals surface area contributed by atoms with E-state index in [1.54, 1.807) is 30.3 Å². The molecule has 2 aromatic carbocycles. The first kappa shape index (κ1) is 14.3. The van der Waals surface area contributed by atoms with Crippen LogP contribution < -0.4 is 5.32 Å². The van der Waals surface area contributed by atoms with Crippen LogP contribution in [0, 0.1) is 10.1 Å². The van der Waals surface area contributed by atoms with E-state index in [1.165, 1.54) is 6.07 Å². The molecule has 0 saturated carbocycles. The van der Waals surface area contributed by atoms with Crippen molar-refractivity contribution in [3.63, 3.8) is 0 Å². The summed E-state index contributed by atoms with van der Waals surface area (Å²) in [4.78, 5) is 10.6. The average molecular weight is 337 g/mol. The van der Waals surface area contributed by atoms with E-state index in [2.05, 4.69) is 21.2 Å². The molecule has 0 radical (unpaired) electrons. The number of nitrogens with one attached hydrogen (secondary N) is 1. The lowest BCUT2D eigenvalue weighted by molar-refractivity contribution is -0.384. The molecule has 2 N–H and O–H groups in total. The van der Waals surface area contributed by atoms with Gasteiger partial charge in [-0.25, -0.2) is 0 Å². The predicted molar refractivity (Wildman–Crippen MR) is 80.9 cm³/mol. The van der Waals surface area contributed by atoms with Gasteiger partial charge < -0.3 is 10.4 Å². The molecule has 0 aromatic heterocycles. The van der Waals surface area contributed by atoms with E-state index in [1.807, 2.05) is 13.0 Å². The molecule has 1 unspecified atom stereocenters. The third-order valence-electron chi connectivity index (χ3n) is 2.93. The molecule has 2 aromatic rings. The number of phenolic OH excluding ortho intramolecular Hbond substituents is 1. The maximum atomic E-state index is 11.1. The summed E-state index contributed by atoms with van der Waals surface area (Å²) in [5.74, 6) is 0.160. The minimum absolute atomic E-state index is 0.0124. The number of anilines is 1. The number of phenols is 1. The molecule has 1 atom stereocenters. The Balaban J connectivity index is 2.31. The molecular formula is C14H13BrN2O3. The Morgan fingerprint density at radius 3 is 2.65 bits per heavy atom. The summed E-state index contributed by atoms with van der Waals surface area (Å²) >= 11 is 3.22. The van der Waals surface area contributed by atoms with Crippen LogP contribution in [0.5, 0.6) is 5.75 Å². The number of rotatable bonds is 4. The number of nitro benzene ring substituents is 1. The highest BCUT2D eigenvalue weighted by atomic mass is 79.9. The van der Waals surface area contributed by atoms with Crippen LogP contribution in [0.3, 0.4) is 0 Å². The first-order valence-electron chi connectivity index (χ1n) is 5.97. The van der Waals surface area contributed by atoms with E-state index in [0.29, 0.717) is 15.7 Å². The van der Waals surface area contributed by atoms with Gasteiger partial charge >= 0.3 is 0 Å². The summed E-state index contributed by atoms with van der Waals surface area (Å²) in [6, 6.07) is 11.5. The van der Waals surface area contributed by atoms with E-state index in [-0.39, 0.29) is 17.5 Å². The molecule has 0 heterocycles. The van der Waals surface area contributed by atoms with E-state index >= 15 is 0 Å². The van der Waals surface area contributed by atoms with E-state index in [4.69, 9.17) is 0 Å². The van der Waals surface area contributed by atoms with Gasteiger partial charge in [-0.15, -0.1) is 0 Å². The van der Waals surface area contributed by atoms with Gasteiger partial charge in [0, 0.05) is 16.1 Å². The first-order valence-corrected chi connectivity index (χ1v) is 6.76. The molecule has 0 aliphatic heterocycles. The van der Waals surface area contributed by atoms with Gasteiger partial charge in [-0.05, 0) is 25.1 Å². The molecule has 104 valence electrons. The van der Waals surface area contributed by atoms with Crippen LogP contribution in [0.15, 0.2) is 46.9 Å². The monoisotopic (exact) mass is 336 g/mol. The number of para-hydroxylation sites is 1. The van der Waals surface area contributed by atoms with Crippen molar-refractivity contribution in [3.05, 3.63) is 62.6 Å². The minimum Gasteiger partial charge on any atom is -0.508 e. The van der Waals surface area contributed by atoms with Crippen LogP contribution in [0.4, 0.5) is 11.4 Å². The SMILES string of the molecule is CC(Nc1ccc(Br)cc1[N+](=O)[O-])c1ccccc1O. The van der Waals surface area contributed by atoms with Crippen molar-refractivity contribution in [2.75, 3.05) is 5.32 Å². The zero-order valence-corrected chi connectivity index (χ0v) is 12.3. The van der Waals surface area contributed by atoms with Crippen LogP contribution in [-0.4, -0.2) is 10.0 Å². The van der Waals surface area contributed by atoms with Crippen molar-refractivity contribution < 1.29 is 10.0 Å². The molecule has 0 bridgehead atoms. The topological polar surface area (TPSA) is 75.4 Å². The van der Waals surface area contributed by atoms with Gasteiger partial charge in [-0.2, -0.15) is 0 Å². The summed E-state index contributed by atoms with van der Waals surface area (Å²) in [7, 11) is 0. The van der Waals surface area contributed by atoms with Crippen LogP contribution in [0.1, 0.15) is 18.5 Å². The number of hydrogen-bond donors (Lipinski definition) is 2. The summed E-state index contributed by atoms with van der Waals surface area (Å²) in [5, 5.41) is 23.9. The minimum atomic E-state index is -0.440. The zero-order chi connectivity index (χ0) is 14.7. The highest BCUT2D eigenvalue weighted by Crippen LogP contribution is 2.32. The van der Waals surface area contributed by atoms with Crippen LogP contribution in [0.25, 0.3) is 0 Å². The van der Waals surface area contributed by atoms with Gasteiger partial charge in [-0.1, -0.05) is 34.1 Å². The Kier molecular flexibility index (Phi) is 4.24. The molecule has 0 saturated heterocycles. The number of nitro groups is 1. The van der Waals surface area contributed by atoms with Gasteiger partial charge in [0.05, 0.1) is 11.0 Å².